The van der Waals surface area contributed by atoms with Crippen molar-refractivity contribution in [3.63, 3.8) is 0 Å². The summed E-state index contributed by atoms with van der Waals surface area (Å²) in [5.74, 6) is 6.01. The lowest BCUT2D eigenvalue weighted by atomic mass is 10.0. The predicted octanol–water partition coefficient (Wildman–Crippen LogP) is 4.82. The molecule has 200 valence electrons. The van der Waals surface area contributed by atoms with Gasteiger partial charge in [-0.05, 0) is 50.6 Å². The van der Waals surface area contributed by atoms with Crippen molar-refractivity contribution in [2.24, 2.45) is 15.5 Å². The lowest BCUT2D eigenvalue weighted by Gasteiger charge is -2.11. The Labute approximate surface area is 229 Å². The Kier molecular flexibility index (Phi) is 10.8. The Morgan fingerprint density at radius 2 is 1.62 bits per heavy atom. The monoisotopic (exact) mass is 524 g/mol. The molecule has 0 aromatic heterocycles. The van der Waals surface area contributed by atoms with Crippen LogP contribution in [0.5, 0.6) is 0 Å². The van der Waals surface area contributed by atoms with E-state index >= 15 is 0 Å². The van der Waals surface area contributed by atoms with Crippen molar-refractivity contribution >= 4 is 23.0 Å². The standard InChI is InChI=1S/C31H32N4O4/c1-6-38-35-29(26-18-16-24(17-19-26)14-15-25-11-9-10-22(2)20-25)23(3)33-39-21-27-12-7-8-13-28(27)30(34-37-5)31(36)32-4/h7-13,16-20H,6,21H2,1-5H3,(H,32,36)/b33-23-,34-30?,35-29-. The highest BCUT2D eigenvalue weighted by Crippen LogP contribution is 2.14. The fourth-order valence-electron chi connectivity index (χ4n) is 3.58. The van der Waals surface area contributed by atoms with Gasteiger partial charge in [-0.2, -0.15) is 0 Å². The minimum atomic E-state index is -0.373. The normalized spacial score (nSPS) is 11.8. The summed E-state index contributed by atoms with van der Waals surface area (Å²) in [6.45, 7) is 6.20. The van der Waals surface area contributed by atoms with Gasteiger partial charge in [0, 0.05) is 34.9 Å². The molecule has 0 aliphatic carbocycles. The molecule has 39 heavy (non-hydrogen) atoms. The second-order valence-electron chi connectivity index (χ2n) is 8.36. The quantitative estimate of drug-likeness (QED) is 0.234. The fourth-order valence-corrected chi connectivity index (χ4v) is 3.58. The highest BCUT2D eigenvalue weighted by Gasteiger charge is 2.17. The summed E-state index contributed by atoms with van der Waals surface area (Å²) in [7, 11) is 2.92. The van der Waals surface area contributed by atoms with E-state index in [1.54, 1.807) is 13.0 Å². The molecule has 0 atom stereocenters. The zero-order valence-corrected chi connectivity index (χ0v) is 22.8. The van der Waals surface area contributed by atoms with Crippen LogP contribution in [0.15, 0.2) is 88.3 Å². The molecule has 0 unspecified atom stereocenters. The molecule has 3 aromatic rings. The molecular weight excluding hydrogens is 492 g/mol. The molecule has 8 heteroatoms. The molecule has 1 N–H and O–H groups in total. The van der Waals surface area contributed by atoms with Crippen molar-refractivity contribution in [2.45, 2.75) is 27.4 Å². The van der Waals surface area contributed by atoms with Crippen LogP contribution in [0.4, 0.5) is 0 Å². The number of carbonyl (C=O) groups excluding carboxylic acids is 1. The van der Waals surface area contributed by atoms with E-state index in [1.807, 2.05) is 74.5 Å². The zero-order chi connectivity index (χ0) is 28.0. The summed E-state index contributed by atoms with van der Waals surface area (Å²) < 4.78 is 0. The Morgan fingerprint density at radius 1 is 0.872 bits per heavy atom. The SMILES string of the molecule is CCO/N=C(/C(C)=N\OCc1ccccc1C(=NOC)C(=O)NC)c1ccc(C#Cc2cccc(C)c2)cc1. The number of carbonyl (C=O) groups is 1. The number of oxime groups is 3. The minimum absolute atomic E-state index is 0.0998. The van der Waals surface area contributed by atoms with E-state index in [0.717, 1.165) is 16.7 Å². The fraction of sp³-hybridized carbons (Fsp3) is 0.226. The van der Waals surface area contributed by atoms with E-state index in [4.69, 9.17) is 14.5 Å². The van der Waals surface area contributed by atoms with Gasteiger partial charge in [0.2, 0.25) is 0 Å². The topological polar surface area (TPSA) is 93.9 Å². The number of amides is 1. The van der Waals surface area contributed by atoms with Crippen molar-refractivity contribution in [1.82, 2.24) is 5.32 Å². The summed E-state index contributed by atoms with van der Waals surface area (Å²) in [5, 5.41) is 15.0. The van der Waals surface area contributed by atoms with E-state index in [2.05, 4.69) is 38.7 Å². The molecule has 0 fully saturated rings. The molecule has 0 radical (unpaired) electrons. The van der Waals surface area contributed by atoms with Gasteiger partial charge in [-0.25, -0.2) is 0 Å². The highest BCUT2D eigenvalue weighted by atomic mass is 16.6. The lowest BCUT2D eigenvalue weighted by molar-refractivity contribution is -0.114. The van der Waals surface area contributed by atoms with Crippen LogP contribution in [-0.2, 0) is 25.9 Å². The molecule has 0 heterocycles. The summed E-state index contributed by atoms with van der Waals surface area (Å²) in [6.07, 6.45) is 0. The number of aryl methyl sites for hydroxylation is 1. The minimum Gasteiger partial charge on any atom is -0.398 e. The summed E-state index contributed by atoms with van der Waals surface area (Å²) in [4.78, 5) is 28.2. The van der Waals surface area contributed by atoms with E-state index in [-0.39, 0.29) is 18.2 Å². The average molecular weight is 525 g/mol. The van der Waals surface area contributed by atoms with Gasteiger partial charge >= 0.3 is 0 Å². The third kappa shape index (κ3) is 8.30. The maximum atomic E-state index is 12.3. The third-order valence-corrected chi connectivity index (χ3v) is 5.47. The van der Waals surface area contributed by atoms with Gasteiger partial charge in [0.1, 0.15) is 31.7 Å². The van der Waals surface area contributed by atoms with Crippen LogP contribution in [0.2, 0.25) is 0 Å². The number of rotatable bonds is 10. The van der Waals surface area contributed by atoms with E-state index in [0.29, 0.717) is 29.2 Å². The third-order valence-electron chi connectivity index (χ3n) is 5.47. The summed E-state index contributed by atoms with van der Waals surface area (Å²) in [5.41, 5.74) is 6.33. The Balaban J connectivity index is 1.79. The molecule has 0 saturated heterocycles. The first-order chi connectivity index (χ1) is 19.0. The molecule has 0 bridgehead atoms. The van der Waals surface area contributed by atoms with Crippen LogP contribution in [0.1, 0.15) is 47.2 Å². The Hall–Kier alpha value is -4.90. The Morgan fingerprint density at radius 3 is 2.31 bits per heavy atom. The second kappa shape index (κ2) is 14.7. The molecular formula is C31H32N4O4. The molecule has 0 saturated carbocycles. The van der Waals surface area contributed by atoms with Crippen LogP contribution < -0.4 is 5.32 Å². The number of nitrogens with one attached hydrogen (secondary N) is 1. The van der Waals surface area contributed by atoms with Crippen molar-refractivity contribution in [1.29, 1.82) is 0 Å². The summed E-state index contributed by atoms with van der Waals surface area (Å²) >= 11 is 0. The first-order valence-corrected chi connectivity index (χ1v) is 12.4. The lowest BCUT2D eigenvalue weighted by Crippen LogP contribution is -2.29. The van der Waals surface area contributed by atoms with Crippen LogP contribution in [0.3, 0.4) is 0 Å². The van der Waals surface area contributed by atoms with Gasteiger partial charge in [0.25, 0.3) is 5.91 Å². The van der Waals surface area contributed by atoms with Gasteiger partial charge in [0.05, 0.1) is 0 Å². The van der Waals surface area contributed by atoms with Gasteiger partial charge in [-0.15, -0.1) is 0 Å². The van der Waals surface area contributed by atoms with Crippen LogP contribution in [0.25, 0.3) is 0 Å². The number of benzene rings is 3. The smallest absolute Gasteiger partial charge is 0.273 e. The van der Waals surface area contributed by atoms with Gasteiger partial charge in [0.15, 0.2) is 5.71 Å². The first-order valence-electron chi connectivity index (χ1n) is 12.4. The maximum Gasteiger partial charge on any atom is 0.273 e. The van der Waals surface area contributed by atoms with E-state index < -0.39 is 0 Å². The predicted molar refractivity (Wildman–Crippen MR) is 154 cm³/mol. The second-order valence-corrected chi connectivity index (χ2v) is 8.36. The molecule has 0 spiro atoms. The molecule has 0 aliphatic rings. The van der Waals surface area contributed by atoms with Crippen LogP contribution >= 0.6 is 0 Å². The van der Waals surface area contributed by atoms with Crippen molar-refractivity contribution < 1.29 is 19.3 Å². The van der Waals surface area contributed by atoms with Gasteiger partial charge < -0.3 is 19.8 Å². The van der Waals surface area contributed by atoms with Crippen LogP contribution in [-0.4, -0.2) is 43.8 Å². The highest BCUT2D eigenvalue weighted by molar-refractivity contribution is 6.47. The number of hydrogen-bond acceptors (Lipinski definition) is 7. The van der Waals surface area contributed by atoms with Crippen molar-refractivity contribution in [2.75, 3.05) is 20.8 Å². The first kappa shape index (κ1) is 28.7. The number of likely N-dealkylation sites (N-methyl/N-ethyl adjacent to an activating group) is 1. The number of nitrogens with zero attached hydrogens (tertiary/aromatic N) is 3. The van der Waals surface area contributed by atoms with Gasteiger partial charge in [-0.1, -0.05) is 75.8 Å². The van der Waals surface area contributed by atoms with Gasteiger partial charge in [-0.3, -0.25) is 4.79 Å². The molecule has 1 amide bonds. The number of hydrogen-bond donors (Lipinski definition) is 1. The van der Waals surface area contributed by atoms with E-state index in [9.17, 15) is 4.79 Å². The van der Waals surface area contributed by atoms with Crippen molar-refractivity contribution in [3.05, 3.63) is 106 Å². The zero-order valence-electron chi connectivity index (χ0n) is 22.8. The maximum absolute atomic E-state index is 12.3. The Bertz CT molecular complexity index is 1430. The molecule has 0 aliphatic heterocycles. The van der Waals surface area contributed by atoms with Crippen molar-refractivity contribution in [3.8, 4) is 11.8 Å². The van der Waals surface area contributed by atoms with Crippen LogP contribution in [0, 0.1) is 18.8 Å². The molecule has 3 rings (SSSR count). The molecule has 3 aromatic carbocycles. The largest absolute Gasteiger partial charge is 0.398 e. The average Bonchev–Trinajstić information content (AvgIpc) is 2.95. The molecule has 8 nitrogen and oxygen atoms in total. The van der Waals surface area contributed by atoms with E-state index in [1.165, 1.54) is 19.7 Å². The summed E-state index contributed by atoms with van der Waals surface area (Å²) in [6, 6.07) is 23.0.